The van der Waals surface area contributed by atoms with E-state index >= 15 is 0 Å². The summed E-state index contributed by atoms with van der Waals surface area (Å²) >= 11 is 0. The highest BCUT2D eigenvalue weighted by atomic mass is 16.5. The Kier molecular flexibility index (Phi) is 6.33. The SMILES string of the molecule is CCOC(CC)(CC)c1noc(CC(=O)CC(C)C)n1. The largest absolute Gasteiger partial charge is 0.367 e. The summed E-state index contributed by atoms with van der Waals surface area (Å²) in [6, 6.07) is 0. The number of ketones is 1. The molecule has 0 aliphatic rings. The number of ether oxygens (including phenoxy) is 1. The van der Waals surface area contributed by atoms with Gasteiger partial charge in [0.25, 0.3) is 0 Å². The number of aromatic nitrogens is 2. The average Bonchev–Trinajstić information content (AvgIpc) is 2.84. The standard InChI is InChI=1S/C15H26N2O3/c1-6-15(7-2,19-8-3)14-16-13(20-17-14)10-12(18)9-11(4)5/h11H,6-10H2,1-5H3. The molecule has 0 N–H and O–H groups in total. The van der Waals surface area contributed by atoms with Gasteiger partial charge >= 0.3 is 0 Å². The molecule has 1 rings (SSSR count). The van der Waals surface area contributed by atoms with Crippen molar-refractivity contribution >= 4 is 5.78 Å². The van der Waals surface area contributed by atoms with Crippen molar-refractivity contribution in [3.8, 4) is 0 Å². The van der Waals surface area contributed by atoms with E-state index in [-0.39, 0.29) is 12.2 Å². The Morgan fingerprint density at radius 2 is 1.95 bits per heavy atom. The molecule has 0 aromatic carbocycles. The van der Waals surface area contributed by atoms with E-state index in [0.29, 0.717) is 30.7 Å². The minimum Gasteiger partial charge on any atom is -0.367 e. The molecule has 0 fully saturated rings. The summed E-state index contributed by atoms with van der Waals surface area (Å²) in [5.41, 5.74) is -0.502. The van der Waals surface area contributed by atoms with E-state index < -0.39 is 5.60 Å². The van der Waals surface area contributed by atoms with Gasteiger partial charge in [-0.1, -0.05) is 32.9 Å². The van der Waals surface area contributed by atoms with Crippen molar-refractivity contribution in [2.75, 3.05) is 6.61 Å². The van der Waals surface area contributed by atoms with Gasteiger partial charge < -0.3 is 9.26 Å². The monoisotopic (exact) mass is 282 g/mol. The first-order valence-corrected chi connectivity index (χ1v) is 7.46. The van der Waals surface area contributed by atoms with Gasteiger partial charge in [-0.25, -0.2) is 0 Å². The molecule has 1 heterocycles. The first-order chi connectivity index (χ1) is 9.47. The van der Waals surface area contributed by atoms with Crippen molar-refractivity contribution in [3.63, 3.8) is 0 Å². The summed E-state index contributed by atoms with van der Waals surface area (Å²) in [6.07, 6.45) is 2.29. The zero-order valence-electron chi connectivity index (χ0n) is 13.2. The molecule has 5 heteroatoms. The first-order valence-electron chi connectivity index (χ1n) is 7.46. The number of carbonyl (C=O) groups is 1. The highest BCUT2D eigenvalue weighted by Crippen LogP contribution is 2.30. The molecule has 5 nitrogen and oxygen atoms in total. The fourth-order valence-electron chi connectivity index (χ4n) is 2.32. The molecule has 0 amide bonds. The van der Waals surface area contributed by atoms with Crippen molar-refractivity contribution in [3.05, 3.63) is 11.7 Å². The number of hydrogen-bond donors (Lipinski definition) is 0. The van der Waals surface area contributed by atoms with Crippen LogP contribution in [0.15, 0.2) is 4.52 Å². The normalized spacial score (nSPS) is 12.1. The van der Waals surface area contributed by atoms with Gasteiger partial charge in [-0.3, -0.25) is 4.79 Å². The smallest absolute Gasteiger partial charge is 0.234 e. The Hall–Kier alpha value is -1.23. The second kappa shape index (κ2) is 7.53. The minimum atomic E-state index is -0.502. The molecular formula is C15H26N2O3. The number of nitrogens with zero attached hydrogens (tertiary/aromatic N) is 2. The van der Waals surface area contributed by atoms with Gasteiger partial charge in [0.1, 0.15) is 11.4 Å². The maximum atomic E-state index is 11.8. The van der Waals surface area contributed by atoms with Crippen LogP contribution in [0.5, 0.6) is 0 Å². The molecule has 0 aliphatic heterocycles. The van der Waals surface area contributed by atoms with Crippen LogP contribution in [-0.2, 0) is 21.6 Å². The molecule has 1 aromatic rings. The van der Waals surface area contributed by atoms with Crippen LogP contribution in [0.1, 0.15) is 65.6 Å². The van der Waals surface area contributed by atoms with E-state index in [4.69, 9.17) is 9.26 Å². The number of Topliss-reactive ketones (excluding diaryl/α,β-unsaturated/α-hetero) is 1. The van der Waals surface area contributed by atoms with Gasteiger partial charge in [0, 0.05) is 13.0 Å². The highest BCUT2D eigenvalue weighted by Gasteiger charge is 2.34. The third kappa shape index (κ3) is 4.13. The summed E-state index contributed by atoms with van der Waals surface area (Å²) in [4.78, 5) is 16.2. The Morgan fingerprint density at radius 1 is 1.30 bits per heavy atom. The van der Waals surface area contributed by atoms with Gasteiger partial charge in [-0.2, -0.15) is 4.98 Å². The molecule has 0 spiro atoms. The highest BCUT2D eigenvalue weighted by molar-refractivity contribution is 5.80. The maximum Gasteiger partial charge on any atom is 0.234 e. The fraction of sp³-hybridized carbons (Fsp3) is 0.800. The quantitative estimate of drug-likeness (QED) is 0.695. The lowest BCUT2D eigenvalue weighted by molar-refractivity contribution is -0.119. The van der Waals surface area contributed by atoms with Crippen LogP contribution in [0.25, 0.3) is 0 Å². The van der Waals surface area contributed by atoms with Crippen LogP contribution >= 0.6 is 0 Å². The third-order valence-electron chi connectivity index (χ3n) is 3.42. The number of rotatable bonds is 9. The predicted octanol–water partition coefficient (Wildman–Crippen LogP) is 3.28. The molecule has 114 valence electrons. The van der Waals surface area contributed by atoms with Crippen molar-refractivity contribution in [1.29, 1.82) is 0 Å². The van der Waals surface area contributed by atoms with E-state index in [9.17, 15) is 4.79 Å². The van der Waals surface area contributed by atoms with Crippen molar-refractivity contribution in [2.24, 2.45) is 5.92 Å². The van der Waals surface area contributed by atoms with E-state index in [1.54, 1.807) is 0 Å². The minimum absolute atomic E-state index is 0.130. The lowest BCUT2D eigenvalue weighted by Gasteiger charge is -2.27. The summed E-state index contributed by atoms with van der Waals surface area (Å²) in [5, 5.41) is 4.02. The van der Waals surface area contributed by atoms with E-state index in [0.717, 1.165) is 12.8 Å². The molecule has 0 unspecified atom stereocenters. The summed E-state index contributed by atoms with van der Waals surface area (Å²) in [7, 11) is 0. The number of carbonyl (C=O) groups excluding carboxylic acids is 1. The van der Waals surface area contributed by atoms with Crippen LogP contribution in [-0.4, -0.2) is 22.5 Å². The first kappa shape index (κ1) is 16.8. The third-order valence-corrected chi connectivity index (χ3v) is 3.42. The molecule has 0 atom stereocenters. The zero-order valence-corrected chi connectivity index (χ0v) is 13.2. The average molecular weight is 282 g/mol. The summed E-state index contributed by atoms with van der Waals surface area (Å²) < 4.78 is 11.0. The maximum absolute atomic E-state index is 11.8. The zero-order chi connectivity index (χ0) is 15.2. The second-order valence-electron chi connectivity index (χ2n) is 5.46. The summed E-state index contributed by atoms with van der Waals surface area (Å²) in [6.45, 7) is 10.7. The van der Waals surface area contributed by atoms with E-state index in [1.165, 1.54) is 0 Å². The molecule has 20 heavy (non-hydrogen) atoms. The second-order valence-corrected chi connectivity index (χ2v) is 5.46. The Balaban J connectivity index is 2.82. The van der Waals surface area contributed by atoms with Crippen molar-refractivity contribution in [2.45, 2.75) is 65.9 Å². The van der Waals surface area contributed by atoms with Gasteiger partial charge in [-0.15, -0.1) is 0 Å². The van der Waals surface area contributed by atoms with Crippen LogP contribution in [0, 0.1) is 5.92 Å². The molecule has 0 aliphatic carbocycles. The molecule has 0 radical (unpaired) electrons. The van der Waals surface area contributed by atoms with Gasteiger partial charge in [0.05, 0.1) is 6.42 Å². The topological polar surface area (TPSA) is 65.2 Å². The van der Waals surface area contributed by atoms with Crippen molar-refractivity contribution in [1.82, 2.24) is 10.1 Å². The Bertz CT molecular complexity index is 423. The van der Waals surface area contributed by atoms with E-state index in [1.807, 2.05) is 34.6 Å². The molecule has 0 saturated carbocycles. The van der Waals surface area contributed by atoms with Crippen molar-refractivity contribution < 1.29 is 14.1 Å². The summed E-state index contributed by atoms with van der Waals surface area (Å²) in [5.74, 6) is 1.41. The Labute approximate surface area is 121 Å². The lowest BCUT2D eigenvalue weighted by Crippen LogP contribution is -2.29. The van der Waals surface area contributed by atoms with Gasteiger partial charge in [0.15, 0.2) is 0 Å². The van der Waals surface area contributed by atoms with Crippen LogP contribution in [0.2, 0.25) is 0 Å². The molecular weight excluding hydrogens is 256 g/mol. The molecule has 0 saturated heterocycles. The van der Waals surface area contributed by atoms with E-state index in [2.05, 4.69) is 10.1 Å². The fourth-order valence-corrected chi connectivity index (χ4v) is 2.32. The lowest BCUT2D eigenvalue weighted by atomic mass is 9.96. The Morgan fingerprint density at radius 3 is 2.45 bits per heavy atom. The van der Waals surface area contributed by atoms with Crippen LogP contribution in [0.3, 0.4) is 0 Å². The van der Waals surface area contributed by atoms with Gasteiger partial charge in [-0.05, 0) is 25.7 Å². The molecule has 0 bridgehead atoms. The van der Waals surface area contributed by atoms with Crippen LogP contribution < -0.4 is 0 Å². The van der Waals surface area contributed by atoms with Crippen LogP contribution in [0.4, 0.5) is 0 Å². The molecule has 1 aromatic heterocycles. The van der Waals surface area contributed by atoms with Gasteiger partial charge in [0.2, 0.25) is 11.7 Å². The predicted molar refractivity (Wildman–Crippen MR) is 76.4 cm³/mol. The number of hydrogen-bond acceptors (Lipinski definition) is 5.